The van der Waals surface area contributed by atoms with Crippen molar-refractivity contribution in [3.8, 4) is 6.07 Å². The van der Waals surface area contributed by atoms with Crippen molar-refractivity contribution in [2.75, 3.05) is 11.9 Å². The van der Waals surface area contributed by atoms with Crippen LogP contribution in [-0.2, 0) is 4.79 Å². The summed E-state index contributed by atoms with van der Waals surface area (Å²) in [6, 6.07) is 7.52. The lowest BCUT2D eigenvalue weighted by molar-refractivity contribution is -0.112. The minimum atomic E-state index is -1.04. The molecule has 0 aliphatic heterocycles. The molecule has 1 rings (SSSR count). The van der Waals surface area contributed by atoms with E-state index >= 15 is 0 Å². The molecule has 0 unspecified atom stereocenters. The summed E-state index contributed by atoms with van der Waals surface area (Å²) in [6.07, 6.45) is 1.38. The Kier molecular flexibility index (Phi) is 5.96. The molecule has 0 radical (unpaired) electrons. The second-order valence-electron chi connectivity index (χ2n) is 4.81. The zero-order valence-corrected chi connectivity index (χ0v) is 11.9. The van der Waals surface area contributed by atoms with E-state index in [1.165, 1.54) is 30.5 Å². The van der Waals surface area contributed by atoms with E-state index in [1.807, 2.05) is 19.9 Å². The molecule has 0 spiro atoms. The van der Waals surface area contributed by atoms with Crippen LogP contribution < -0.4 is 10.6 Å². The number of carboxylic acid groups (broad SMARTS) is 1. The maximum absolute atomic E-state index is 11.9. The Labute approximate surface area is 123 Å². The minimum absolute atomic E-state index is 0.0436. The molecule has 1 aromatic rings. The normalized spacial score (nSPS) is 10.9. The molecule has 0 bridgehead atoms. The fraction of sp³-hybridized carbons (Fsp3) is 0.267. The second kappa shape index (κ2) is 7.70. The van der Waals surface area contributed by atoms with Gasteiger partial charge in [0, 0.05) is 18.4 Å². The predicted octanol–water partition coefficient (Wildman–Crippen LogP) is 1.98. The molecule has 21 heavy (non-hydrogen) atoms. The molecule has 0 fully saturated rings. The van der Waals surface area contributed by atoms with Gasteiger partial charge in [-0.3, -0.25) is 4.79 Å². The van der Waals surface area contributed by atoms with Gasteiger partial charge >= 0.3 is 5.97 Å². The Hall–Kier alpha value is -2.81. The van der Waals surface area contributed by atoms with Crippen LogP contribution in [0.4, 0.5) is 5.69 Å². The van der Waals surface area contributed by atoms with Crippen LogP contribution in [0.3, 0.4) is 0 Å². The fourth-order valence-corrected chi connectivity index (χ4v) is 1.44. The lowest BCUT2D eigenvalue weighted by Gasteiger charge is -2.06. The molecule has 0 heterocycles. The average molecular weight is 287 g/mol. The number of carboxylic acids is 1. The number of hydrogen-bond acceptors (Lipinski definition) is 4. The van der Waals surface area contributed by atoms with Crippen molar-refractivity contribution >= 4 is 17.6 Å². The molecule has 0 atom stereocenters. The third-order valence-electron chi connectivity index (χ3n) is 2.53. The first-order valence-electron chi connectivity index (χ1n) is 6.42. The van der Waals surface area contributed by atoms with Crippen LogP contribution in [0.5, 0.6) is 0 Å². The van der Waals surface area contributed by atoms with Crippen molar-refractivity contribution in [2.45, 2.75) is 13.8 Å². The van der Waals surface area contributed by atoms with E-state index in [1.54, 1.807) is 0 Å². The maximum Gasteiger partial charge on any atom is 0.335 e. The zero-order valence-electron chi connectivity index (χ0n) is 11.9. The van der Waals surface area contributed by atoms with E-state index in [0.29, 0.717) is 18.2 Å². The molecule has 0 aliphatic carbocycles. The Balaban J connectivity index is 2.70. The van der Waals surface area contributed by atoms with Crippen LogP contribution in [-0.4, -0.2) is 23.5 Å². The summed E-state index contributed by atoms with van der Waals surface area (Å²) in [5.41, 5.74) is 0.510. The van der Waals surface area contributed by atoms with Gasteiger partial charge in [0.05, 0.1) is 5.56 Å². The smallest absolute Gasteiger partial charge is 0.335 e. The van der Waals surface area contributed by atoms with Gasteiger partial charge in [0.15, 0.2) is 0 Å². The summed E-state index contributed by atoms with van der Waals surface area (Å²) in [4.78, 5) is 22.6. The van der Waals surface area contributed by atoms with E-state index in [-0.39, 0.29) is 11.1 Å². The van der Waals surface area contributed by atoms with Gasteiger partial charge in [-0.2, -0.15) is 5.26 Å². The molecule has 0 saturated carbocycles. The summed E-state index contributed by atoms with van der Waals surface area (Å²) in [5.74, 6) is -1.19. The Bertz CT molecular complexity index is 583. The highest BCUT2D eigenvalue weighted by Gasteiger charge is 2.10. The average Bonchev–Trinajstić information content (AvgIpc) is 2.43. The van der Waals surface area contributed by atoms with E-state index in [9.17, 15) is 9.59 Å². The number of nitrogens with one attached hydrogen (secondary N) is 2. The molecule has 3 N–H and O–H groups in total. The summed E-state index contributed by atoms with van der Waals surface area (Å²) in [7, 11) is 0. The third kappa shape index (κ3) is 5.37. The van der Waals surface area contributed by atoms with Crippen LogP contribution in [0.1, 0.15) is 24.2 Å². The number of carbonyl (C=O) groups excluding carboxylic acids is 1. The highest BCUT2D eigenvalue weighted by molar-refractivity contribution is 6.06. The molecule has 0 saturated heterocycles. The summed E-state index contributed by atoms with van der Waals surface area (Å²) in [5, 5.41) is 23.2. The van der Waals surface area contributed by atoms with Crippen LogP contribution >= 0.6 is 0 Å². The molecule has 1 aromatic carbocycles. The Morgan fingerprint density at radius 3 is 2.43 bits per heavy atom. The zero-order chi connectivity index (χ0) is 15.8. The van der Waals surface area contributed by atoms with Crippen molar-refractivity contribution in [3.05, 3.63) is 41.6 Å². The largest absolute Gasteiger partial charge is 0.478 e. The van der Waals surface area contributed by atoms with Gasteiger partial charge in [-0.15, -0.1) is 0 Å². The number of amides is 1. The first kappa shape index (κ1) is 16.2. The Morgan fingerprint density at radius 1 is 1.33 bits per heavy atom. The van der Waals surface area contributed by atoms with Crippen molar-refractivity contribution in [2.24, 2.45) is 5.92 Å². The molecule has 0 aromatic heterocycles. The first-order chi connectivity index (χ1) is 9.93. The molecular weight excluding hydrogens is 270 g/mol. The number of nitrogens with zero attached hydrogens (tertiary/aromatic N) is 1. The number of aromatic carboxylic acids is 1. The third-order valence-corrected chi connectivity index (χ3v) is 2.53. The van der Waals surface area contributed by atoms with Crippen LogP contribution in [0.2, 0.25) is 0 Å². The molecular formula is C15H17N3O3. The van der Waals surface area contributed by atoms with Crippen LogP contribution in [0.25, 0.3) is 0 Å². The summed E-state index contributed by atoms with van der Waals surface area (Å²) >= 11 is 0. The van der Waals surface area contributed by atoms with Gasteiger partial charge in [-0.25, -0.2) is 4.79 Å². The number of rotatable bonds is 6. The van der Waals surface area contributed by atoms with Crippen LogP contribution in [0, 0.1) is 17.2 Å². The minimum Gasteiger partial charge on any atom is -0.478 e. The van der Waals surface area contributed by atoms with E-state index < -0.39 is 11.9 Å². The van der Waals surface area contributed by atoms with Crippen molar-refractivity contribution < 1.29 is 14.7 Å². The number of anilines is 1. The van der Waals surface area contributed by atoms with Gasteiger partial charge in [0.2, 0.25) is 0 Å². The number of nitriles is 1. The van der Waals surface area contributed by atoms with Gasteiger partial charge in [-0.1, -0.05) is 13.8 Å². The number of hydrogen-bond donors (Lipinski definition) is 3. The standard InChI is InChI=1S/C15H17N3O3/c1-10(2)8-17-9-12(7-16)14(19)18-13-5-3-11(4-6-13)15(20)21/h3-6,9-10,17H,8H2,1-2H3,(H,18,19)(H,20,21)/b12-9-. The summed E-state index contributed by atoms with van der Waals surface area (Å²) in [6.45, 7) is 4.68. The predicted molar refractivity (Wildman–Crippen MR) is 78.6 cm³/mol. The second-order valence-corrected chi connectivity index (χ2v) is 4.81. The van der Waals surface area contributed by atoms with Crippen LogP contribution in [0.15, 0.2) is 36.0 Å². The highest BCUT2D eigenvalue weighted by atomic mass is 16.4. The van der Waals surface area contributed by atoms with Gasteiger partial charge < -0.3 is 15.7 Å². The lowest BCUT2D eigenvalue weighted by atomic mass is 10.2. The highest BCUT2D eigenvalue weighted by Crippen LogP contribution is 2.10. The molecule has 110 valence electrons. The molecule has 6 heteroatoms. The fourth-order valence-electron chi connectivity index (χ4n) is 1.44. The molecule has 6 nitrogen and oxygen atoms in total. The Morgan fingerprint density at radius 2 is 1.95 bits per heavy atom. The SMILES string of the molecule is CC(C)CN/C=C(/C#N)C(=O)Nc1ccc(C(=O)O)cc1. The monoisotopic (exact) mass is 287 g/mol. The van der Waals surface area contributed by atoms with Crippen molar-refractivity contribution in [1.29, 1.82) is 5.26 Å². The first-order valence-corrected chi connectivity index (χ1v) is 6.42. The molecule has 1 amide bonds. The molecule has 0 aliphatic rings. The van der Waals surface area contributed by atoms with E-state index in [0.717, 1.165) is 0 Å². The quantitative estimate of drug-likeness (QED) is 0.548. The number of carbonyl (C=O) groups is 2. The van der Waals surface area contributed by atoms with E-state index in [2.05, 4.69) is 10.6 Å². The number of benzene rings is 1. The van der Waals surface area contributed by atoms with Gasteiger partial charge in [-0.05, 0) is 30.2 Å². The van der Waals surface area contributed by atoms with Crippen molar-refractivity contribution in [3.63, 3.8) is 0 Å². The maximum atomic E-state index is 11.9. The van der Waals surface area contributed by atoms with Gasteiger partial charge in [0.1, 0.15) is 11.6 Å². The van der Waals surface area contributed by atoms with Crippen molar-refractivity contribution in [1.82, 2.24) is 5.32 Å². The topological polar surface area (TPSA) is 102 Å². The lowest BCUT2D eigenvalue weighted by Crippen LogP contribution is -2.19. The van der Waals surface area contributed by atoms with Gasteiger partial charge in [0.25, 0.3) is 5.91 Å². The summed E-state index contributed by atoms with van der Waals surface area (Å²) < 4.78 is 0. The van der Waals surface area contributed by atoms with E-state index in [4.69, 9.17) is 10.4 Å².